The highest BCUT2D eigenvalue weighted by molar-refractivity contribution is 9.11. The summed E-state index contributed by atoms with van der Waals surface area (Å²) in [6.07, 6.45) is 0. The molecule has 3 N–H and O–H groups in total. The van der Waals surface area contributed by atoms with Crippen LogP contribution in [0.4, 0.5) is 0 Å². The number of hydrogen-bond acceptors (Lipinski definition) is 2. The van der Waals surface area contributed by atoms with E-state index < -0.39 is 0 Å². The topological polar surface area (TPSA) is 38.0 Å². The molecular weight excluding hydrogens is 368 g/mol. The Labute approximate surface area is 130 Å². The molecule has 0 radical (unpaired) electrons. The first kappa shape index (κ1) is 14.7. The first-order chi connectivity index (χ1) is 9.02. The van der Waals surface area contributed by atoms with Crippen LogP contribution in [0.2, 0.25) is 0 Å². The number of halogens is 2. The van der Waals surface area contributed by atoms with Gasteiger partial charge in [-0.25, -0.2) is 5.43 Å². The molecule has 1 atom stereocenters. The Hall–Kier alpha value is -0.680. The van der Waals surface area contributed by atoms with E-state index in [1.54, 1.807) is 0 Å². The third-order valence-corrected chi connectivity index (χ3v) is 4.39. The Balaban J connectivity index is 2.52. The van der Waals surface area contributed by atoms with Crippen molar-refractivity contribution in [3.05, 3.63) is 67.6 Å². The van der Waals surface area contributed by atoms with Gasteiger partial charge in [0, 0.05) is 8.95 Å². The van der Waals surface area contributed by atoms with Gasteiger partial charge in [0.15, 0.2) is 0 Å². The minimum Gasteiger partial charge on any atom is -0.271 e. The zero-order valence-corrected chi connectivity index (χ0v) is 14.0. The smallest absolute Gasteiger partial charge is 0.0723 e. The Bertz CT molecular complexity index is 597. The van der Waals surface area contributed by atoms with Crippen LogP contribution in [0.1, 0.15) is 28.3 Å². The standard InChI is InChI=1S/C15H16Br2N2/c1-9-3-5-12(10(2)7-9)15(19-18)13-8-11(16)4-6-14(13)17/h3-8,15,19H,18H2,1-2H3. The number of nitrogens with two attached hydrogens (primary N) is 1. The molecule has 0 heterocycles. The fourth-order valence-corrected chi connectivity index (χ4v) is 3.09. The maximum Gasteiger partial charge on any atom is 0.0723 e. The number of nitrogens with one attached hydrogen (secondary N) is 1. The van der Waals surface area contributed by atoms with E-state index in [0.717, 1.165) is 14.5 Å². The van der Waals surface area contributed by atoms with E-state index in [9.17, 15) is 0 Å². The molecule has 4 heteroatoms. The van der Waals surface area contributed by atoms with Gasteiger partial charge >= 0.3 is 0 Å². The van der Waals surface area contributed by atoms with Crippen LogP contribution < -0.4 is 11.3 Å². The lowest BCUT2D eigenvalue weighted by Gasteiger charge is -2.21. The first-order valence-corrected chi connectivity index (χ1v) is 7.59. The molecule has 1 unspecified atom stereocenters. The minimum absolute atomic E-state index is 0.0347. The highest BCUT2D eigenvalue weighted by atomic mass is 79.9. The summed E-state index contributed by atoms with van der Waals surface area (Å²) in [4.78, 5) is 0. The summed E-state index contributed by atoms with van der Waals surface area (Å²) < 4.78 is 2.08. The fourth-order valence-electron chi connectivity index (χ4n) is 2.23. The molecular formula is C15H16Br2N2. The van der Waals surface area contributed by atoms with Crippen LogP contribution in [0.25, 0.3) is 0 Å². The summed E-state index contributed by atoms with van der Waals surface area (Å²) in [5, 5.41) is 0. The molecule has 100 valence electrons. The van der Waals surface area contributed by atoms with Crippen molar-refractivity contribution in [1.82, 2.24) is 5.43 Å². The predicted octanol–water partition coefficient (Wildman–Crippen LogP) is 4.38. The van der Waals surface area contributed by atoms with Gasteiger partial charge in [-0.15, -0.1) is 0 Å². The summed E-state index contributed by atoms with van der Waals surface area (Å²) in [5.74, 6) is 5.78. The van der Waals surface area contributed by atoms with Crippen LogP contribution in [0.5, 0.6) is 0 Å². The lowest BCUT2D eigenvalue weighted by molar-refractivity contribution is 0.631. The molecule has 0 aromatic heterocycles. The second kappa shape index (κ2) is 6.18. The maximum absolute atomic E-state index is 5.78. The molecule has 0 bridgehead atoms. The number of rotatable bonds is 3. The van der Waals surface area contributed by atoms with Crippen LogP contribution in [0, 0.1) is 13.8 Å². The maximum atomic E-state index is 5.78. The predicted molar refractivity (Wildman–Crippen MR) is 86.9 cm³/mol. The summed E-state index contributed by atoms with van der Waals surface area (Å²) in [5.41, 5.74) is 7.70. The molecule has 2 nitrogen and oxygen atoms in total. The van der Waals surface area contributed by atoms with Crippen molar-refractivity contribution in [1.29, 1.82) is 0 Å². The van der Waals surface area contributed by atoms with Gasteiger partial charge < -0.3 is 0 Å². The summed E-state index contributed by atoms with van der Waals surface area (Å²) >= 11 is 7.10. The highest BCUT2D eigenvalue weighted by Gasteiger charge is 2.17. The van der Waals surface area contributed by atoms with Gasteiger partial charge in [0.05, 0.1) is 6.04 Å². The average molecular weight is 384 g/mol. The van der Waals surface area contributed by atoms with Crippen molar-refractivity contribution in [3.63, 3.8) is 0 Å². The van der Waals surface area contributed by atoms with E-state index in [0.29, 0.717) is 0 Å². The molecule has 0 saturated carbocycles. The minimum atomic E-state index is -0.0347. The molecule has 0 fully saturated rings. The van der Waals surface area contributed by atoms with Crippen LogP contribution in [0.15, 0.2) is 45.3 Å². The van der Waals surface area contributed by atoms with E-state index in [1.165, 1.54) is 16.7 Å². The van der Waals surface area contributed by atoms with Crippen LogP contribution >= 0.6 is 31.9 Å². The SMILES string of the molecule is Cc1ccc(C(NN)c2cc(Br)ccc2Br)c(C)c1. The van der Waals surface area contributed by atoms with Crippen molar-refractivity contribution in [3.8, 4) is 0 Å². The van der Waals surface area contributed by atoms with Gasteiger partial charge in [-0.1, -0.05) is 55.6 Å². The second-order valence-electron chi connectivity index (χ2n) is 4.63. The number of benzene rings is 2. The van der Waals surface area contributed by atoms with Gasteiger partial charge in [-0.05, 0) is 48.7 Å². The summed E-state index contributed by atoms with van der Waals surface area (Å²) in [6.45, 7) is 4.20. The molecule has 0 spiro atoms. The molecule has 0 aliphatic carbocycles. The Kier molecular flexibility index (Phi) is 4.79. The second-order valence-corrected chi connectivity index (χ2v) is 6.40. The van der Waals surface area contributed by atoms with Crippen molar-refractivity contribution in [2.45, 2.75) is 19.9 Å². The Morgan fingerprint density at radius 3 is 2.37 bits per heavy atom. The third-order valence-electron chi connectivity index (χ3n) is 3.17. The molecule has 2 rings (SSSR count). The van der Waals surface area contributed by atoms with Crippen molar-refractivity contribution >= 4 is 31.9 Å². The van der Waals surface area contributed by atoms with E-state index in [2.05, 4.69) is 75.4 Å². The zero-order valence-electron chi connectivity index (χ0n) is 10.9. The van der Waals surface area contributed by atoms with E-state index >= 15 is 0 Å². The summed E-state index contributed by atoms with van der Waals surface area (Å²) in [6, 6.07) is 12.5. The largest absolute Gasteiger partial charge is 0.271 e. The zero-order chi connectivity index (χ0) is 14.0. The van der Waals surface area contributed by atoms with Crippen LogP contribution in [-0.2, 0) is 0 Å². The van der Waals surface area contributed by atoms with Gasteiger partial charge in [0.2, 0.25) is 0 Å². The van der Waals surface area contributed by atoms with Crippen molar-refractivity contribution in [2.24, 2.45) is 5.84 Å². The number of hydrogen-bond donors (Lipinski definition) is 2. The van der Waals surface area contributed by atoms with Gasteiger partial charge in [0.1, 0.15) is 0 Å². The van der Waals surface area contributed by atoms with Crippen molar-refractivity contribution in [2.75, 3.05) is 0 Å². The van der Waals surface area contributed by atoms with Crippen LogP contribution in [0.3, 0.4) is 0 Å². The van der Waals surface area contributed by atoms with Gasteiger partial charge in [-0.2, -0.15) is 0 Å². The molecule has 0 aliphatic rings. The van der Waals surface area contributed by atoms with Gasteiger partial charge in [-0.3, -0.25) is 5.84 Å². The average Bonchev–Trinajstić information content (AvgIpc) is 2.36. The van der Waals surface area contributed by atoms with E-state index in [1.807, 2.05) is 12.1 Å². The van der Waals surface area contributed by atoms with Crippen molar-refractivity contribution < 1.29 is 0 Å². The molecule has 0 saturated heterocycles. The molecule has 19 heavy (non-hydrogen) atoms. The quantitative estimate of drug-likeness (QED) is 0.609. The van der Waals surface area contributed by atoms with E-state index in [-0.39, 0.29) is 6.04 Å². The van der Waals surface area contributed by atoms with Gasteiger partial charge in [0.25, 0.3) is 0 Å². The molecule has 0 amide bonds. The molecule has 0 aliphatic heterocycles. The molecule has 2 aromatic carbocycles. The number of aryl methyl sites for hydroxylation is 2. The summed E-state index contributed by atoms with van der Waals surface area (Å²) in [7, 11) is 0. The third kappa shape index (κ3) is 3.26. The normalized spacial score (nSPS) is 12.5. The monoisotopic (exact) mass is 382 g/mol. The Morgan fingerprint density at radius 1 is 1.00 bits per heavy atom. The Morgan fingerprint density at radius 2 is 1.74 bits per heavy atom. The fraction of sp³-hybridized carbons (Fsp3) is 0.200. The molecule has 2 aromatic rings. The first-order valence-electron chi connectivity index (χ1n) is 6.01. The lowest BCUT2D eigenvalue weighted by Crippen LogP contribution is -2.29. The van der Waals surface area contributed by atoms with E-state index in [4.69, 9.17) is 5.84 Å². The highest BCUT2D eigenvalue weighted by Crippen LogP contribution is 2.32. The lowest BCUT2D eigenvalue weighted by atomic mass is 9.94. The number of hydrazine groups is 1. The van der Waals surface area contributed by atoms with Crippen LogP contribution in [-0.4, -0.2) is 0 Å².